The number of aromatic nitrogens is 2. The summed E-state index contributed by atoms with van der Waals surface area (Å²) < 4.78 is 3.25. The maximum absolute atomic E-state index is 4.68. The summed E-state index contributed by atoms with van der Waals surface area (Å²) >= 11 is 3.47. The Morgan fingerprint density at radius 2 is 1.86 bits per heavy atom. The van der Waals surface area contributed by atoms with Gasteiger partial charge in [0.2, 0.25) is 0 Å². The lowest BCUT2D eigenvalue weighted by molar-refractivity contribution is 0.551. The van der Waals surface area contributed by atoms with Crippen LogP contribution in [0.4, 0.5) is 0 Å². The molecule has 1 heterocycles. The number of rotatable bonds is 4. The zero-order valence-electron chi connectivity index (χ0n) is 12.2. The molecule has 0 fully saturated rings. The van der Waals surface area contributed by atoms with Gasteiger partial charge in [0.25, 0.3) is 0 Å². The zero-order chi connectivity index (χ0) is 14.8. The van der Waals surface area contributed by atoms with E-state index in [-0.39, 0.29) is 6.04 Å². The van der Waals surface area contributed by atoms with Crippen LogP contribution in [-0.4, -0.2) is 9.55 Å². The summed E-state index contributed by atoms with van der Waals surface area (Å²) in [4.78, 5) is 4.68. The number of hydrogen-bond acceptors (Lipinski definition) is 2. The first kappa shape index (κ1) is 14.3. The molecule has 0 amide bonds. The van der Waals surface area contributed by atoms with Gasteiger partial charge in [-0.25, -0.2) is 4.98 Å². The second-order valence-electron chi connectivity index (χ2n) is 5.23. The second-order valence-corrected chi connectivity index (χ2v) is 6.15. The Balaban J connectivity index is 1.74. The summed E-state index contributed by atoms with van der Waals surface area (Å²) in [5.74, 6) is 1.06. The van der Waals surface area contributed by atoms with Crippen molar-refractivity contribution in [3.05, 3.63) is 64.4 Å². The fourth-order valence-corrected chi connectivity index (χ4v) is 2.73. The minimum absolute atomic E-state index is 0.290. The van der Waals surface area contributed by atoms with Crippen LogP contribution in [-0.2, 0) is 13.6 Å². The number of benzene rings is 2. The smallest absolute Gasteiger partial charge is 0.123 e. The normalized spacial score (nSPS) is 12.7. The first-order valence-corrected chi connectivity index (χ1v) is 7.83. The molecule has 2 aromatic carbocycles. The largest absolute Gasteiger partial charge is 0.330 e. The molecule has 1 N–H and O–H groups in total. The number of hydrogen-bond donors (Lipinski definition) is 1. The average molecular weight is 344 g/mol. The van der Waals surface area contributed by atoms with E-state index < -0.39 is 0 Å². The lowest BCUT2D eigenvalue weighted by atomic mass is 10.1. The van der Waals surface area contributed by atoms with Crippen LogP contribution in [0.3, 0.4) is 0 Å². The average Bonchev–Trinajstić information content (AvgIpc) is 2.82. The molecule has 3 nitrogen and oxygen atoms in total. The fraction of sp³-hybridized carbons (Fsp3) is 0.235. The molecule has 0 aliphatic rings. The van der Waals surface area contributed by atoms with Crippen molar-refractivity contribution in [2.24, 2.45) is 7.05 Å². The number of imidazole rings is 1. The number of halogens is 1. The van der Waals surface area contributed by atoms with Crippen LogP contribution >= 0.6 is 15.9 Å². The highest BCUT2D eigenvalue weighted by Gasteiger charge is 2.09. The molecule has 3 aromatic rings. The van der Waals surface area contributed by atoms with Gasteiger partial charge in [-0.05, 0) is 36.8 Å². The van der Waals surface area contributed by atoms with E-state index in [4.69, 9.17) is 0 Å². The summed E-state index contributed by atoms with van der Waals surface area (Å²) in [5, 5.41) is 3.54. The lowest BCUT2D eigenvalue weighted by Crippen LogP contribution is -2.20. The third-order valence-corrected chi connectivity index (χ3v) is 4.34. The predicted octanol–water partition coefficient (Wildman–Crippen LogP) is 4.19. The first-order chi connectivity index (χ1) is 10.1. The van der Waals surface area contributed by atoms with E-state index in [2.05, 4.69) is 81.2 Å². The topological polar surface area (TPSA) is 29.9 Å². The van der Waals surface area contributed by atoms with Gasteiger partial charge >= 0.3 is 0 Å². The van der Waals surface area contributed by atoms with Crippen molar-refractivity contribution >= 4 is 27.0 Å². The third kappa shape index (κ3) is 3.01. The molecule has 108 valence electrons. The standard InChI is InChI=1S/C17H18BrN3/c1-12(13-7-9-14(18)10-8-13)19-11-17-20-15-5-3-4-6-16(15)21(17)2/h3-10,12,19H,11H2,1-2H3/t12-/m1/s1. The molecule has 0 spiro atoms. The quantitative estimate of drug-likeness (QED) is 0.769. The Hall–Kier alpha value is -1.65. The maximum Gasteiger partial charge on any atom is 0.123 e. The molecule has 0 saturated heterocycles. The van der Waals surface area contributed by atoms with Gasteiger partial charge in [-0.1, -0.05) is 40.2 Å². The van der Waals surface area contributed by atoms with Crippen LogP contribution in [0, 0.1) is 0 Å². The van der Waals surface area contributed by atoms with Crippen molar-refractivity contribution in [1.29, 1.82) is 0 Å². The number of aryl methyl sites for hydroxylation is 1. The summed E-state index contributed by atoms with van der Waals surface area (Å²) in [6, 6.07) is 16.9. The van der Waals surface area contributed by atoms with Crippen LogP contribution in [0.25, 0.3) is 11.0 Å². The van der Waals surface area contributed by atoms with E-state index in [1.54, 1.807) is 0 Å². The van der Waals surface area contributed by atoms with Crippen molar-refractivity contribution in [2.75, 3.05) is 0 Å². The van der Waals surface area contributed by atoms with Gasteiger partial charge in [-0.3, -0.25) is 0 Å². The van der Waals surface area contributed by atoms with E-state index in [0.717, 1.165) is 22.4 Å². The van der Waals surface area contributed by atoms with Crippen LogP contribution < -0.4 is 5.32 Å². The Morgan fingerprint density at radius 1 is 1.14 bits per heavy atom. The molecule has 0 saturated carbocycles. The number of para-hydroxylation sites is 2. The number of nitrogens with one attached hydrogen (secondary N) is 1. The van der Waals surface area contributed by atoms with Crippen LogP contribution in [0.2, 0.25) is 0 Å². The number of nitrogens with zero attached hydrogens (tertiary/aromatic N) is 2. The minimum atomic E-state index is 0.290. The molecule has 4 heteroatoms. The van der Waals surface area contributed by atoms with Gasteiger partial charge < -0.3 is 9.88 Å². The Morgan fingerprint density at radius 3 is 2.57 bits per heavy atom. The monoisotopic (exact) mass is 343 g/mol. The van der Waals surface area contributed by atoms with Crippen molar-refractivity contribution in [2.45, 2.75) is 19.5 Å². The van der Waals surface area contributed by atoms with Gasteiger partial charge in [-0.2, -0.15) is 0 Å². The van der Waals surface area contributed by atoms with E-state index in [9.17, 15) is 0 Å². The van der Waals surface area contributed by atoms with Crippen LogP contribution in [0.1, 0.15) is 24.4 Å². The van der Waals surface area contributed by atoms with Crippen molar-refractivity contribution in [3.63, 3.8) is 0 Å². The molecule has 3 rings (SSSR count). The summed E-state index contributed by atoms with van der Waals surface area (Å²) in [7, 11) is 2.07. The molecule has 0 aliphatic carbocycles. The van der Waals surface area contributed by atoms with Crippen LogP contribution in [0.15, 0.2) is 53.0 Å². The molecule has 0 aliphatic heterocycles. The summed E-state index contributed by atoms with van der Waals surface area (Å²) in [6.07, 6.45) is 0. The zero-order valence-corrected chi connectivity index (χ0v) is 13.8. The predicted molar refractivity (Wildman–Crippen MR) is 90.1 cm³/mol. The molecule has 1 aromatic heterocycles. The molecular weight excluding hydrogens is 326 g/mol. The Kier molecular flexibility index (Phi) is 4.08. The minimum Gasteiger partial charge on any atom is -0.330 e. The summed E-state index contributed by atoms with van der Waals surface area (Å²) in [5.41, 5.74) is 3.50. The van der Waals surface area contributed by atoms with E-state index in [1.807, 2.05) is 12.1 Å². The first-order valence-electron chi connectivity index (χ1n) is 7.04. The second kappa shape index (κ2) is 6.00. The highest BCUT2D eigenvalue weighted by atomic mass is 79.9. The molecule has 0 bridgehead atoms. The number of fused-ring (bicyclic) bond motifs is 1. The lowest BCUT2D eigenvalue weighted by Gasteiger charge is -2.14. The highest BCUT2D eigenvalue weighted by molar-refractivity contribution is 9.10. The summed E-state index contributed by atoms with van der Waals surface area (Å²) in [6.45, 7) is 2.92. The van der Waals surface area contributed by atoms with Gasteiger partial charge in [0.15, 0.2) is 0 Å². The van der Waals surface area contributed by atoms with Gasteiger partial charge in [0, 0.05) is 17.6 Å². The van der Waals surface area contributed by atoms with E-state index >= 15 is 0 Å². The van der Waals surface area contributed by atoms with E-state index in [1.165, 1.54) is 11.1 Å². The van der Waals surface area contributed by atoms with Crippen molar-refractivity contribution < 1.29 is 0 Å². The molecular formula is C17H18BrN3. The van der Waals surface area contributed by atoms with E-state index in [0.29, 0.717) is 0 Å². The molecule has 0 unspecified atom stereocenters. The molecule has 21 heavy (non-hydrogen) atoms. The maximum atomic E-state index is 4.68. The highest BCUT2D eigenvalue weighted by Crippen LogP contribution is 2.18. The van der Waals surface area contributed by atoms with Crippen molar-refractivity contribution in [1.82, 2.24) is 14.9 Å². The van der Waals surface area contributed by atoms with Crippen LogP contribution in [0.5, 0.6) is 0 Å². The third-order valence-electron chi connectivity index (χ3n) is 3.82. The van der Waals surface area contributed by atoms with Gasteiger partial charge in [-0.15, -0.1) is 0 Å². The van der Waals surface area contributed by atoms with Crippen molar-refractivity contribution in [3.8, 4) is 0 Å². The molecule has 0 radical (unpaired) electrons. The van der Waals surface area contributed by atoms with Gasteiger partial charge in [0.05, 0.1) is 17.6 Å². The van der Waals surface area contributed by atoms with Gasteiger partial charge in [0.1, 0.15) is 5.82 Å². The Bertz CT molecular complexity index is 746. The fourth-order valence-electron chi connectivity index (χ4n) is 2.47. The molecule has 1 atom stereocenters. The Labute approximate surface area is 133 Å². The SMILES string of the molecule is C[C@@H](NCc1nc2ccccc2n1C)c1ccc(Br)cc1.